The topological polar surface area (TPSA) is 71.1 Å². The van der Waals surface area contributed by atoms with E-state index in [0.29, 0.717) is 45.3 Å². The van der Waals surface area contributed by atoms with Gasteiger partial charge in [-0.2, -0.15) is 0 Å². The van der Waals surface area contributed by atoms with Gasteiger partial charge in [0.2, 0.25) is 11.8 Å². The Balaban J connectivity index is 1.46. The van der Waals surface area contributed by atoms with Crippen molar-refractivity contribution in [1.82, 2.24) is 15.1 Å². The fourth-order valence-corrected chi connectivity index (χ4v) is 3.56. The lowest BCUT2D eigenvalue weighted by Gasteiger charge is -2.54. The molecule has 1 N–H and O–H groups in total. The minimum absolute atomic E-state index is 0.0292. The van der Waals surface area contributed by atoms with Gasteiger partial charge >= 0.3 is 0 Å². The Bertz CT molecular complexity index is 478. The molecular formula is C16H27N3O4. The molecule has 0 aromatic carbocycles. The highest BCUT2D eigenvalue weighted by Crippen LogP contribution is 2.42. The predicted molar refractivity (Wildman–Crippen MR) is 83.8 cm³/mol. The Morgan fingerprint density at radius 2 is 2.04 bits per heavy atom. The molecule has 3 aliphatic rings. The maximum atomic E-state index is 12.2. The zero-order chi connectivity index (χ0) is 16.6. The van der Waals surface area contributed by atoms with Crippen LogP contribution in [-0.4, -0.2) is 86.8 Å². The van der Waals surface area contributed by atoms with E-state index in [1.54, 1.807) is 7.11 Å². The quantitative estimate of drug-likeness (QED) is 0.678. The van der Waals surface area contributed by atoms with Crippen molar-refractivity contribution in [2.24, 2.45) is 11.8 Å². The SMILES string of the molecule is COCCNC(=O)C1COC2(CN(C(=O)C3CC3C)C2)CN1C. The van der Waals surface area contributed by atoms with Gasteiger partial charge in [0.15, 0.2) is 0 Å². The van der Waals surface area contributed by atoms with Gasteiger partial charge in [-0.3, -0.25) is 14.5 Å². The third-order valence-electron chi connectivity index (χ3n) is 5.22. The summed E-state index contributed by atoms with van der Waals surface area (Å²) in [6.07, 6.45) is 1.02. The van der Waals surface area contributed by atoms with Gasteiger partial charge < -0.3 is 19.7 Å². The van der Waals surface area contributed by atoms with Gasteiger partial charge in [-0.15, -0.1) is 0 Å². The maximum Gasteiger partial charge on any atom is 0.239 e. The molecule has 0 bridgehead atoms. The maximum absolute atomic E-state index is 12.2. The Morgan fingerprint density at radius 1 is 1.35 bits per heavy atom. The molecule has 2 heterocycles. The van der Waals surface area contributed by atoms with Crippen molar-refractivity contribution in [2.45, 2.75) is 25.0 Å². The molecule has 1 aliphatic carbocycles. The first-order valence-electron chi connectivity index (χ1n) is 8.35. The fourth-order valence-electron chi connectivity index (χ4n) is 3.56. The van der Waals surface area contributed by atoms with Crippen molar-refractivity contribution in [3.63, 3.8) is 0 Å². The second-order valence-corrected chi connectivity index (χ2v) is 7.22. The van der Waals surface area contributed by atoms with Crippen molar-refractivity contribution in [1.29, 1.82) is 0 Å². The van der Waals surface area contributed by atoms with E-state index in [2.05, 4.69) is 12.2 Å². The first-order chi connectivity index (χ1) is 11.0. The Kier molecular flexibility index (Phi) is 4.62. The summed E-state index contributed by atoms with van der Waals surface area (Å²) in [5.74, 6) is 1.01. The van der Waals surface area contributed by atoms with Crippen LogP contribution in [0, 0.1) is 11.8 Å². The molecule has 7 heteroatoms. The predicted octanol–water partition coefficient (Wildman–Crippen LogP) is -0.683. The van der Waals surface area contributed by atoms with Crippen LogP contribution in [0.25, 0.3) is 0 Å². The number of likely N-dealkylation sites (N-methyl/N-ethyl adjacent to an activating group) is 1. The molecule has 3 fully saturated rings. The molecule has 23 heavy (non-hydrogen) atoms. The second kappa shape index (κ2) is 6.37. The number of hydrogen-bond donors (Lipinski definition) is 1. The van der Waals surface area contributed by atoms with Gasteiger partial charge in [-0.25, -0.2) is 0 Å². The Hall–Kier alpha value is -1.18. The Morgan fingerprint density at radius 3 is 2.61 bits per heavy atom. The number of rotatable bonds is 5. The van der Waals surface area contributed by atoms with E-state index in [4.69, 9.17) is 9.47 Å². The molecule has 3 rings (SSSR count). The van der Waals surface area contributed by atoms with Crippen LogP contribution in [0.15, 0.2) is 0 Å². The standard InChI is InChI=1S/C16H27N3O4/c1-11-6-12(11)15(21)19-9-16(10-19)8-18(2)13(7-23-16)14(20)17-4-5-22-3/h11-13H,4-10H2,1-3H3,(H,17,20). The summed E-state index contributed by atoms with van der Waals surface area (Å²) in [6.45, 7) is 5.48. The molecule has 0 radical (unpaired) electrons. The van der Waals surface area contributed by atoms with Crippen LogP contribution in [0.1, 0.15) is 13.3 Å². The summed E-state index contributed by atoms with van der Waals surface area (Å²) in [6, 6.07) is -0.273. The van der Waals surface area contributed by atoms with Crippen LogP contribution in [0.4, 0.5) is 0 Å². The van der Waals surface area contributed by atoms with Gasteiger partial charge in [0.25, 0.3) is 0 Å². The van der Waals surface area contributed by atoms with E-state index in [9.17, 15) is 9.59 Å². The van der Waals surface area contributed by atoms with Gasteiger partial charge in [0.05, 0.1) is 26.3 Å². The smallest absolute Gasteiger partial charge is 0.239 e. The highest BCUT2D eigenvalue weighted by molar-refractivity contribution is 5.83. The first-order valence-corrected chi connectivity index (χ1v) is 8.35. The van der Waals surface area contributed by atoms with Crippen molar-refractivity contribution in [2.75, 3.05) is 53.6 Å². The number of morpholine rings is 1. The van der Waals surface area contributed by atoms with E-state index in [1.807, 2.05) is 16.8 Å². The third-order valence-corrected chi connectivity index (χ3v) is 5.22. The van der Waals surface area contributed by atoms with E-state index in [0.717, 1.165) is 6.42 Å². The lowest BCUT2D eigenvalue weighted by atomic mass is 9.90. The summed E-state index contributed by atoms with van der Waals surface area (Å²) >= 11 is 0. The van der Waals surface area contributed by atoms with Gasteiger partial charge in [0, 0.05) is 26.1 Å². The number of nitrogens with zero attached hydrogens (tertiary/aromatic N) is 2. The van der Waals surface area contributed by atoms with Crippen LogP contribution in [-0.2, 0) is 19.1 Å². The first kappa shape index (κ1) is 16.7. The van der Waals surface area contributed by atoms with Gasteiger partial charge in [-0.05, 0) is 19.4 Å². The van der Waals surface area contributed by atoms with Crippen molar-refractivity contribution in [3.8, 4) is 0 Å². The van der Waals surface area contributed by atoms with Crippen molar-refractivity contribution < 1.29 is 19.1 Å². The molecular weight excluding hydrogens is 298 g/mol. The second-order valence-electron chi connectivity index (χ2n) is 7.22. The molecule has 2 amide bonds. The number of amides is 2. The Labute approximate surface area is 137 Å². The molecule has 2 aliphatic heterocycles. The average Bonchev–Trinajstić information content (AvgIpc) is 3.21. The van der Waals surface area contributed by atoms with Crippen LogP contribution < -0.4 is 5.32 Å². The van der Waals surface area contributed by atoms with Crippen molar-refractivity contribution >= 4 is 11.8 Å². The number of carbonyl (C=O) groups is 2. The molecule has 2 saturated heterocycles. The summed E-state index contributed by atoms with van der Waals surface area (Å²) in [7, 11) is 3.55. The summed E-state index contributed by atoms with van der Waals surface area (Å²) < 4.78 is 10.9. The van der Waals surface area contributed by atoms with E-state index < -0.39 is 0 Å². The van der Waals surface area contributed by atoms with Crippen LogP contribution in [0.3, 0.4) is 0 Å². The lowest BCUT2D eigenvalue weighted by Crippen LogP contribution is -2.73. The largest absolute Gasteiger partial charge is 0.383 e. The van der Waals surface area contributed by atoms with Crippen LogP contribution in [0.5, 0.6) is 0 Å². The lowest BCUT2D eigenvalue weighted by molar-refractivity contribution is -0.201. The van der Waals surface area contributed by atoms with Crippen LogP contribution >= 0.6 is 0 Å². The average molecular weight is 325 g/mol. The zero-order valence-electron chi connectivity index (χ0n) is 14.2. The van der Waals surface area contributed by atoms with Gasteiger partial charge in [0.1, 0.15) is 11.6 Å². The fraction of sp³-hybridized carbons (Fsp3) is 0.875. The highest BCUT2D eigenvalue weighted by atomic mass is 16.5. The summed E-state index contributed by atoms with van der Waals surface area (Å²) in [5, 5.41) is 2.85. The number of methoxy groups -OCH3 is 1. The van der Waals surface area contributed by atoms with E-state index >= 15 is 0 Å². The minimum Gasteiger partial charge on any atom is -0.383 e. The van der Waals surface area contributed by atoms with E-state index in [1.165, 1.54) is 0 Å². The number of carbonyl (C=O) groups excluding carboxylic acids is 2. The van der Waals surface area contributed by atoms with Crippen LogP contribution in [0.2, 0.25) is 0 Å². The van der Waals surface area contributed by atoms with Gasteiger partial charge in [-0.1, -0.05) is 6.92 Å². The molecule has 1 spiro atoms. The monoisotopic (exact) mass is 325 g/mol. The molecule has 0 aromatic rings. The minimum atomic E-state index is -0.286. The molecule has 1 saturated carbocycles. The number of likely N-dealkylation sites (tertiary alicyclic amines) is 1. The molecule has 3 atom stereocenters. The normalized spacial score (nSPS) is 32.5. The highest BCUT2D eigenvalue weighted by Gasteiger charge is 2.54. The number of ether oxygens (including phenoxy) is 2. The number of hydrogen-bond acceptors (Lipinski definition) is 5. The molecule has 0 aromatic heterocycles. The van der Waals surface area contributed by atoms with Crippen molar-refractivity contribution in [3.05, 3.63) is 0 Å². The molecule has 130 valence electrons. The summed E-state index contributed by atoms with van der Waals surface area (Å²) in [4.78, 5) is 28.3. The zero-order valence-corrected chi connectivity index (χ0v) is 14.2. The summed E-state index contributed by atoms with van der Waals surface area (Å²) in [5.41, 5.74) is -0.286. The third kappa shape index (κ3) is 3.36. The van der Waals surface area contributed by atoms with E-state index in [-0.39, 0.29) is 29.4 Å². The number of nitrogens with one attached hydrogen (secondary N) is 1. The molecule has 7 nitrogen and oxygen atoms in total. The molecule has 3 unspecified atom stereocenters.